The van der Waals surface area contributed by atoms with Gasteiger partial charge in [-0.05, 0) is 37.6 Å². The van der Waals surface area contributed by atoms with Crippen LogP contribution in [0.5, 0.6) is 0 Å². The van der Waals surface area contributed by atoms with E-state index in [4.69, 9.17) is 0 Å². The van der Waals surface area contributed by atoms with Crippen molar-refractivity contribution in [2.45, 2.75) is 30.3 Å². The third kappa shape index (κ3) is 5.07. The molecular weight excluding hydrogens is 404 g/mol. The van der Waals surface area contributed by atoms with E-state index in [9.17, 15) is 27.3 Å². The zero-order chi connectivity index (χ0) is 21.2. The van der Waals surface area contributed by atoms with Gasteiger partial charge in [0.25, 0.3) is 5.69 Å². The number of nitrogens with zero attached hydrogens (tertiary/aromatic N) is 2. The Morgan fingerprint density at radius 3 is 2.55 bits per heavy atom. The Balaban J connectivity index is 1.78. The Bertz CT molecular complexity index is 1010. The van der Waals surface area contributed by atoms with Gasteiger partial charge in [-0.15, -0.1) is 0 Å². The van der Waals surface area contributed by atoms with Crippen molar-refractivity contribution >= 4 is 21.2 Å². The summed E-state index contributed by atoms with van der Waals surface area (Å²) in [5.74, 6) is -1.20. The molecule has 0 saturated carbocycles. The molecule has 2 aromatic carbocycles. The monoisotopic (exact) mass is 425 g/mol. The van der Waals surface area contributed by atoms with Gasteiger partial charge < -0.3 is 5.32 Å². The fourth-order valence-corrected chi connectivity index (χ4v) is 4.36. The number of benzene rings is 2. The normalized spacial score (nSPS) is 17.8. The third-order valence-corrected chi connectivity index (χ3v) is 6.02. The molecular formula is C19H21F2N3O4S. The lowest BCUT2D eigenvalue weighted by molar-refractivity contribution is -0.385. The summed E-state index contributed by atoms with van der Waals surface area (Å²) in [6, 6.07) is 7.24. The Kier molecular flexibility index (Phi) is 6.13. The van der Waals surface area contributed by atoms with E-state index in [1.54, 1.807) is 0 Å². The quantitative estimate of drug-likeness (QED) is 0.564. The smallest absolute Gasteiger partial charge is 0.270 e. The minimum absolute atomic E-state index is 0.000288. The molecule has 1 aliphatic heterocycles. The molecule has 0 radical (unpaired) electrons. The van der Waals surface area contributed by atoms with Crippen LogP contribution in [0.2, 0.25) is 0 Å². The first-order valence-electron chi connectivity index (χ1n) is 9.05. The Morgan fingerprint density at radius 2 is 1.93 bits per heavy atom. The van der Waals surface area contributed by atoms with E-state index in [0.717, 1.165) is 25.2 Å². The first-order chi connectivity index (χ1) is 13.6. The molecule has 2 aromatic rings. The molecule has 0 amide bonds. The summed E-state index contributed by atoms with van der Waals surface area (Å²) in [5, 5.41) is 14.1. The highest BCUT2D eigenvalue weighted by Gasteiger charge is 2.25. The lowest BCUT2D eigenvalue weighted by Gasteiger charge is -2.34. The number of nitro groups is 1. The van der Waals surface area contributed by atoms with Crippen LogP contribution in [0, 0.1) is 21.7 Å². The summed E-state index contributed by atoms with van der Waals surface area (Å²) in [7, 11) is -3.69. The average molecular weight is 425 g/mol. The minimum Gasteiger partial charge on any atom is -0.380 e. The molecule has 0 bridgehead atoms. The molecule has 10 heteroatoms. The number of hydrogen-bond donors (Lipinski definition) is 1. The topological polar surface area (TPSA) is 92.5 Å². The molecule has 1 unspecified atom stereocenters. The van der Waals surface area contributed by atoms with Gasteiger partial charge in [0, 0.05) is 43.1 Å². The predicted octanol–water partition coefficient (Wildman–Crippen LogP) is 3.35. The number of non-ortho nitro benzene ring substituents is 1. The number of nitrogens with one attached hydrogen (secondary N) is 1. The molecule has 0 spiro atoms. The lowest BCUT2D eigenvalue weighted by atomic mass is 10.0. The van der Waals surface area contributed by atoms with Crippen LogP contribution in [0.25, 0.3) is 0 Å². The average Bonchev–Trinajstić information content (AvgIpc) is 2.64. The summed E-state index contributed by atoms with van der Waals surface area (Å²) < 4.78 is 52.1. The van der Waals surface area contributed by atoms with Crippen molar-refractivity contribution in [1.29, 1.82) is 0 Å². The van der Waals surface area contributed by atoms with E-state index in [2.05, 4.69) is 5.32 Å². The molecule has 1 aliphatic rings. The minimum atomic E-state index is -3.69. The molecule has 156 valence electrons. The van der Waals surface area contributed by atoms with Crippen molar-refractivity contribution in [3.8, 4) is 0 Å². The zero-order valence-corrected chi connectivity index (χ0v) is 16.6. The fraction of sp³-hybridized carbons (Fsp3) is 0.368. The number of piperidine rings is 1. The van der Waals surface area contributed by atoms with Gasteiger partial charge in [0.1, 0.15) is 11.6 Å². The van der Waals surface area contributed by atoms with Gasteiger partial charge in [-0.2, -0.15) is 0 Å². The number of sulfone groups is 1. The van der Waals surface area contributed by atoms with Gasteiger partial charge in [0.15, 0.2) is 9.84 Å². The molecule has 0 aliphatic carbocycles. The van der Waals surface area contributed by atoms with Crippen molar-refractivity contribution in [3.63, 3.8) is 0 Å². The first kappa shape index (κ1) is 21.1. The zero-order valence-electron chi connectivity index (χ0n) is 15.8. The molecule has 1 N–H and O–H groups in total. The van der Waals surface area contributed by atoms with E-state index in [1.165, 1.54) is 30.3 Å². The van der Waals surface area contributed by atoms with E-state index >= 15 is 0 Å². The van der Waals surface area contributed by atoms with E-state index in [1.807, 2.05) is 4.90 Å². The summed E-state index contributed by atoms with van der Waals surface area (Å²) in [5.41, 5.74) is -0.0291. The highest BCUT2D eigenvalue weighted by Crippen LogP contribution is 2.28. The van der Waals surface area contributed by atoms with Crippen LogP contribution in [-0.4, -0.2) is 43.6 Å². The number of halogens is 2. The van der Waals surface area contributed by atoms with Gasteiger partial charge in [-0.3, -0.25) is 15.0 Å². The third-order valence-electron chi connectivity index (χ3n) is 4.88. The predicted molar refractivity (Wildman–Crippen MR) is 104 cm³/mol. The Labute approximate surface area is 167 Å². The highest BCUT2D eigenvalue weighted by atomic mass is 32.2. The first-order valence-corrected chi connectivity index (χ1v) is 10.9. The van der Waals surface area contributed by atoms with Crippen LogP contribution < -0.4 is 5.32 Å². The van der Waals surface area contributed by atoms with Crippen molar-refractivity contribution in [1.82, 2.24) is 4.90 Å². The second-order valence-corrected chi connectivity index (χ2v) is 9.11. The largest absolute Gasteiger partial charge is 0.380 e. The van der Waals surface area contributed by atoms with Gasteiger partial charge in [0.2, 0.25) is 0 Å². The number of nitro benzene ring substituents is 1. The SMILES string of the molecule is CS(=O)(=O)c1cc([N+](=O)[O-])ccc1NC1CCCN(Cc2c(F)cccc2F)C1. The van der Waals surface area contributed by atoms with Crippen LogP contribution in [0.1, 0.15) is 18.4 Å². The molecule has 7 nitrogen and oxygen atoms in total. The molecule has 3 rings (SSSR count). The van der Waals surface area contributed by atoms with Crippen molar-refractivity contribution in [2.24, 2.45) is 0 Å². The van der Waals surface area contributed by atoms with Crippen LogP contribution in [0.3, 0.4) is 0 Å². The summed E-state index contributed by atoms with van der Waals surface area (Å²) >= 11 is 0. The van der Waals surface area contributed by atoms with E-state index < -0.39 is 26.4 Å². The summed E-state index contributed by atoms with van der Waals surface area (Å²) in [6.45, 7) is 1.22. The van der Waals surface area contributed by atoms with E-state index in [0.29, 0.717) is 13.1 Å². The molecule has 1 atom stereocenters. The lowest BCUT2D eigenvalue weighted by Crippen LogP contribution is -2.42. The van der Waals surface area contributed by atoms with Crippen molar-refractivity contribution in [3.05, 3.63) is 63.7 Å². The number of likely N-dealkylation sites (tertiary alicyclic amines) is 1. The summed E-state index contributed by atoms with van der Waals surface area (Å²) in [4.78, 5) is 12.1. The van der Waals surface area contributed by atoms with Gasteiger partial charge in [0.05, 0.1) is 15.5 Å². The molecule has 1 heterocycles. The highest BCUT2D eigenvalue weighted by molar-refractivity contribution is 7.90. The summed E-state index contributed by atoms with van der Waals surface area (Å²) in [6.07, 6.45) is 2.48. The number of rotatable bonds is 6. The number of anilines is 1. The van der Waals surface area contributed by atoms with Crippen molar-refractivity contribution < 1.29 is 22.1 Å². The molecule has 0 aromatic heterocycles. The second-order valence-electron chi connectivity index (χ2n) is 7.13. The van der Waals surface area contributed by atoms with Crippen LogP contribution in [0.15, 0.2) is 41.3 Å². The van der Waals surface area contributed by atoms with Gasteiger partial charge in [-0.1, -0.05) is 6.07 Å². The van der Waals surface area contributed by atoms with Gasteiger partial charge >= 0.3 is 0 Å². The Morgan fingerprint density at radius 1 is 1.24 bits per heavy atom. The maximum absolute atomic E-state index is 13.9. The Hall–Kier alpha value is -2.59. The van der Waals surface area contributed by atoms with E-state index in [-0.39, 0.29) is 34.4 Å². The van der Waals surface area contributed by atoms with Crippen LogP contribution in [-0.2, 0) is 16.4 Å². The van der Waals surface area contributed by atoms with Crippen molar-refractivity contribution in [2.75, 3.05) is 24.7 Å². The van der Waals surface area contributed by atoms with Crippen LogP contribution >= 0.6 is 0 Å². The van der Waals surface area contributed by atoms with Gasteiger partial charge in [-0.25, -0.2) is 17.2 Å². The maximum atomic E-state index is 13.9. The molecule has 1 fully saturated rings. The fourth-order valence-electron chi connectivity index (χ4n) is 3.49. The molecule has 1 saturated heterocycles. The number of hydrogen-bond acceptors (Lipinski definition) is 6. The van der Waals surface area contributed by atoms with Crippen LogP contribution in [0.4, 0.5) is 20.2 Å². The standard InChI is InChI=1S/C19H21F2N3O4S/c1-29(27,28)19-10-14(24(25)26)7-8-18(19)22-13-4-3-9-23(11-13)12-15-16(20)5-2-6-17(15)21/h2,5-8,10,13,22H,3-4,9,11-12H2,1H3. The molecule has 29 heavy (non-hydrogen) atoms. The second kappa shape index (κ2) is 8.42. The maximum Gasteiger partial charge on any atom is 0.270 e.